The SMILES string of the molecule is O=C1S/C(=C/c2cccc(F)c2)C(=O)N1Cc1ccccc1. The highest BCUT2D eigenvalue weighted by molar-refractivity contribution is 8.18. The number of nitrogens with zero attached hydrogens (tertiary/aromatic N) is 1. The first-order chi connectivity index (χ1) is 10.6. The van der Waals surface area contributed by atoms with Gasteiger partial charge in [-0.3, -0.25) is 14.5 Å². The molecule has 0 radical (unpaired) electrons. The Labute approximate surface area is 131 Å². The van der Waals surface area contributed by atoms with Crippen molar-refractivity contribution in [2.75, 3.05) is 0 Å². The second-order valence-electron chi connectivity index (χ2n) is 4.81. The van der Waals surface area contributed by atoms with Gasteiger partial charge in [0.05, 0.1) is 11.4 Å². The number of carbonyl (C=O) groups is 2. The number of imide groups is 1. The highest BCUT2D eigenvalue weighted by atomic mass is 32.2. The molecular formula is C17H12FNO2S. The summed E-state index contributed by atoms with van der Waals surface area (Å²) in [6, 6.07) is 15.2. The lowest BCUT2D eigenvalue weighted by Crippen LogP contribution is -2.27. The summed E-state index contributed by atoms with van der Waals surface area (Å²) in [6.07, 6.45) is 1.54. The van der Waals surface area contributed by atoms with E-state index in [4.69, 9.17) is 0 Å². The van der Waals surface area contributed by atoms with Gasteiger partial charge >= 0.3 is 0 Å². The molecule has 1 saturated heterocycles. The van der Waals surface area contributed by atoms with Gasteiger partial charge < -0.3 is 0 Å². The van der Waals surface area contributed by atoms with Crippen LogP contribution in [0.4, 0.5) is 9.18 Å². The maximum Gasteiger partial charge on any atom is 0.293 e. The first-order valence-corrected chi connectivity index (χ1v) is 7.50. The number of hydrogen-bond donors (Lipinski definition) is 0. The molecule has 1 aliphatic rings. The van der Waals surface area contributed by atoms with Crippen molar-refractivity contribution in [1.82, 2.24) is 4.90 Å². The summed E-state index contributed by atoms with van der Waals surface area (Å²) in [5, 5.41) is -0.309. The molecule has 3 nitrogen and oxygen atoms in total. The molecule has 1 heterocycles. The van der Waals surface area contributed by atoms with Gasteiger partial charge in [-0.2, -0.15) is 0 Å². The van der Waals surface area contributed by atoms with Gasteiger partial charge in [-0.15, -0.1) is 0 Å². The number of rotatable bonds is 3. The minimum atomic E-state index is -0.378. The van der Waals surface area contributed by atoms with Gasteiger partial charge in [0, 0.05) is 0 Å². The van der Waals surface area contributed by atoms with Crippen molar-refractivity contribution in [1.29, 1.82) is 0 Å². The lowest BCUT2D eigenvalue weighted by atomic mass is 10.2. The highest BCUT2D eigenvalue weighted by Gasteiger charge is 2.34. The standard InChI is InChI=1S/C17H12FNO2S/c18-14-8-4-7-13(9-14)10-15-16(20)19(17(21)22-15)11-12-5-2-1-3-6-12/h1-10H,11H2/b15-10+. The van der Waals surface area contributed by atoms with Crippen molar-refractivity contribution in [3.8, 4) is 0 Å². The van der Waals surface area contributed by atoms with Gasteiger partial charge in [-0.05, 0) is 41.1 Å². The van der Waals surface area contributed by atoms with E-state index in [0.29, 0.717) is 10.5 Å². The van der Waals surface area contributed by atoms with Crippen LogP contribution in [0.5, 0.6) is 0 Å². The van der Waals surface area contributed by atoms with Crippen LogP contribution in [0.15, 0.2) is 59.5 Å². The van der Waals surface area contributed by atoms with Crippen molar-refractivity contribution in [3.63, 3.8) is 0 Å². The normalized spacial score (nSPS) is 16.6. The summed E-state index contributed by atoms with van der Waals surface area (Å²) < 4.78 is 13.2. The molecule has 0 spiro atoms. The maximum atomic E-state index is 13.2. The van der Waals surface area contributed by atoms with Gasteiger partial charge in [0.25, 0.3) is 11.1 Å². The summed E-state index contributed by atoms with van der Waals surface area (Å²) >= 11 is 0.878. The Hall–Kier alpha value is -2.40. The summed E-state index contributed by atoms with van der Waals surface area (Å²) in [5.74, 6) is -0.722. The molecule has 2 aromatic rings. The van der Waals surface area contributed by atoms with E-state index >= 15 is 0 Å². The smallest absolute Gasteiger partial charge is 0.268 e. The summed E-state index contributed by atoms with van der Waals surface area (Å²) in [4.78, 5) is 25.9. The first kappa shape index (κ1) is 14.5. The van der Waals surface area contributed by atoms with Gasteiger partial charge in [0.2, 0.25) is 0 Å². The van der Waals surface area contributed by atoms with E-state index in [1.807, 2.05) is 30.3 Å². The van der Waals surface area contributed by atoms with Crippen LogP contribution in [-0.4, -0.2) is 16.0 Å². The number of benzene rings is 2. The molecule has 1 fully saturated rings. The Balaban J connectivity index is 1.82. The number of halogens is 1. The van der Waals surface area contributed by atoms with Gasteiger partial charge in [0.15, 0.2) is 0 Å². The fourth-order valence-corrected chi connectivity index (χ4v) is 2.99. The Morgan fingerprint density at radius 2 is 1.82 bits per heavy atom. The number of hydrogen-bond acceptors (Lipinski definition) is 3. The zero-order valence-corrected chi connectivity index (χ0v) is 12.3. The Morgan fingerprint density at radius 3 is 2.55 bits per heavy atom. The molecule has 2 aromatic carbocycles. The Bertz CT molecular complexity index is 758. The summed E-state index contributed by atoms with van der Waals surface area (Å²) in [6.45, 7) is 0.242. The average Bonchev–Trinajstić information content (AvgIpc) is 2.76. The zero-order valence-electron chi connectivity index (χ0n) is 11.5. The molecule has 2 amide bonds. The topological polar surface area (TPSA) is 37.4 Å². The van der Waals surface area contributed by atoms with Crippen LogP contribution in [-0.2, 0) is 11.3 Å². The molecule has 1 aliphatic heterocycles. The lowest BCUT2D eigenvalue weighted by molar-refractivity contribution is -0.123. The van der Waals surface area contributed by atoms with Crippen LogP contribution in [0.25, 0.3) is 6.08 Å². The summed E-state index contributed by atoms with van der Waals surface area (Å²) in [5.41, 5.74) is 1.45. The highest BCUT2D eigenvalue weighted by Crippen LogP contribution is 2.33. The zero-order chi connectivity index (χ0) is 15.5. The molecule has 22 heavy (non-hydrogen) atoms. The predicted molar refractivity (Wildman–Crippen MR) is 84.4 cm³/mol. The van der Waals surface area contributed by atoms with Crippen LogP contribution in [0.3, 0.4) is 0 Å². The van der Waals surface area contributed by atoms with E-state index in [-0.39, 0.29) is 23.5 Å². The van der Waals surface area contributed by atoms with E-state index in [0.717, 1.165) is 17.3 Å². The van der Waals surface area contributed by atoms with Crippen LogP contribution in [0, 0.1) is 5.82 Å². The Kier molecular flexibility index (Phi) is 4.06. The molecule has 0 aromatic heterocycles. The molecule has 0 unspecified atom stereocenters. The van der Waals surface area contributed by atoms with Crippen molar-refractivity contribution < 1.29 is 14.0 Å². The number of amides is 2. The van der Waals surface area contributed by atoms with Crippen molar-refractivity contribution in [3.05, 3.63) is 76.4 Å². The monoisotopic (exact) mass is 313 g/mol. The van der Waals surface area contributed by atoms with Crippen molar-refractivity contribution >= 4 is 29.0 Å². The van der Waals surface area contributed by atoms with E-state index in [2.05, 4.69) is 0 Å². The molecular weight excluding hydrogens is 301 g/mol. The van der Waals surface area contributed by atoms with E-state index in [9.17, 15) is 14.0 Å². The quantitative estimate of drug-likeness (QED) is 0.802. The lowest BCUT2D eigenvalue weighted by Gasteiger charge is -2.12. The molecule has 110 valence electrons. The van der Waals surface area contributed by atoms with Crippen molar-refractivity contribution in [2.45, 2.75) is 6.54 Å². The molecule has 0 aliphatic carbocycles. The van der Waals surface area contributed by atoms with E-state index in [1.165, 1.54) is 17.0 Å². The third-order valence-corrected chi connectivity index (χ3v) is 4.11. The molecule has 5 heteroatoms. The largest absolute Gasteiger partial charge is 0.293 e. The molecule has 3 rings (SSSR count). The predicted octanol–water partition coefficient (Wildman–Crippen LogP) is 4.06. The third kappa shape index (κ3) is 3.09. The van der Waals surface area contributed by atoms with Crippen LogP contribution >= 0.6 is 11.8 Å². The second-order valence-corrected chi connectivity index (χ2v) is 5.80. The molecule has 0 atom stereocenters. The summed E-state index contributed by atoms with van der Waals surface area (Å²) in [7, 11) is 0. The Morgan fingerprint density at radius 1 is 1.05 bits per heavy atom. The fourth-order valence-electron chi connectivity index (χ4n) is 2.15. The average molecular weight is 313 g/mol. The minimum absolute atomic E-state index is 0.242. The van der Waals surface area contributed by atoms with Crippen molar-refractivity contribution in [2.24, 2.45) is 0 Å². The fraction of sp³-hybridized carbons (Fsp3) is 0.0588. The van der Waals surface area contributed by atoms with Gasteiger partial charge in [0.1, 0.15) is 5.82 Å². The van der Waals surface area contributed by atoms with Gasteiger partial charge in [-0.25, -0.2) is 4.39 Å². The number of thioether (sulfide) groups is 1. The number of carbonyl (C=O) groups excluding carboxylic acids is 2. The first-order valence-electron chi connectivity index (χ1n) is 6.68. The molecule has 0 saturated carbocycles. The molecule has 0 bridgehead atoms. The molecule has 0 N–H and O–H groups in total. The van der Waals surface area contributed by atoms with Crippen LogP contribution < -0.4 is 0 Å². The minimum Gasteiger partial charge on any atom is -0.268 e. The van der Waals surface area contributed by atoms with Crippen LogP contribution in [0.1, 0.15) is 11.1 Å². The van der Waals surface area contributed by atoms with Crippen LogP contribution in [0.2, 0.25) is 0 Å². The van der Waals surface area contributed by atoms with E-state index < -0.39 is 0 Å². The third-order valence-electron chi connectivity index (χ3n) is 3.20. The maximum absolute atomic E-state index is 13.2. The van der Waals surface area contributed by atoms with Gasteiger partial charge in [-0.1, -0.05) is 42.5 Å². The second kappa shape index (κ2) is 6.15. The van der Waals surface area contributed by atoms with E-state index in [1.54, 1.807) is 18.2 Å².